The van der Waals surface area contributed by atoms with Crippen LogP contribution in [0.1, 0.15) is 28.4 Å². The zero-order valence-corrected chi connectivity index (χ0v) is 23.8. The quantitative estimate of drug-likeness (QED) is 0.245. The number of carbonyl (C=O) groups excluding carboxylic acids is 2. The van der Waals surface area contributed by atoms with Gasteiger partial charge in [0, 0.05) is 60.7 Å². The Morgan fingerprint density at radius 3 is 2.49 bits per heavy atom. The Bertz CT molecular complexity index is 1500. The van der Waals surface area contributed by atoms with Gasteiger partial charge in [-0.2, -0.15) is 0 Å². The van der Waals surface area contributed by atoms with Crippen molar-refractivity contribution in [2.45, 2.75) is 20.4 Å². The van der Waals surface area contributed by atoms with Crippen molar-refractivity contribution < 1.29 is 9.59 Å². The lowest BCUT2D eigenvalue weighted by Crippen LogP contribution is -2.35. The van der Waals surface area contributed by atoms with E-state index in [1.54, 1.807) is 47.8 Å². The first-order valence-electron chi connectivity index (χ1n) is 13.4. The van der Waals surface area contributed by atoms with Crippen LogP contribution in [-0.4, -0.2) is 63.8 Å². The van der Waals surface area contributed by atoms with Gasteiger partial charge in [-0.15, -0.1) is 0 Å². The SMILES string of the molecule is C/C=C/C(=O)N(CCN(C)C)Cc1ccc(C(=O)Nc2ccc(C)c(Nc3nccc(-c4cccnc4)n3)c2)cc1. The number of benzene rings is 2. The van der Waals surface area contributed by atoms with Crippen molar-refractivity contribution in [1.82, 2.24) is 24.8 Å². The fourth-order valence-corrected chi connectivity index (χ4v) is 4.07. The number of hydrogen-bond donors (Lipinski definition) is 2. The van der Waals surface area contributed by atoms with Crippen LogP contribution in [0.3, 0.4) is 0 Å². The van der Waals surface area contributed by atoms with Gasteiger partial charge in [-0.05, 0) is 87.6 Å². The Hall–Kier alpha value is -4.89. The molecule has 0 aliphatic rings. The number of allylic oxidation sites excluding steroid dienone is 1. The minimum atomic E-state index is -0.226. The van der Waals surface area contributed by atoms with Gasteiger partial charge >= 0.3 is 0 Å². The van der Waals surface area contributed by atoms with Gasteiger partial charge < -0.3 is 20.4 Å². The highest BCUT2D eigenvalue weighted by atomic mass is 16.2. The van der Waals surface area contributed by atoms with E-state index in [-0.39, 0.29) is 11.8 Å². The molecule has 2 heterocycles. The third-order valence-electron chi connectivity index (χ3n) is 6.38. The molecule has 2 aromatic carbocycles. The predicted octanol–water partition coefficient (Wildman–Crippen LogP) is 5.31. The Morgan fingerprint density at radius 2 is 1.78 bits per heavy atom. The molecule has 0 atom stereocenters. The maximum atomic E-state index is 13.0. The molecule has 0 spiro atoms. The van der Waals surface area contributed by atoms with Crippen LogP contribution in [0.5, 0.6) is 0 Å². The molecule has 0 saturated carbocycles. The van der Waals surface area contributed by atoms with Crippen molar-refractivity contribution in [3.63, 3.8) is 0 Å². The summed E-state index contributed by atoms with van der Waals surface area (Å²) in [5.41, 5.74) is 5.53. The summed E-state index contributed by atoms with van der Waals surface area (Å²) in [6, 6.07) is 18.6. The van der Waals surface area contributed by atoms with Crippen molar-refractivity contribution in [1.29, 1.82) is 0 Å². The minimum absolute atomic E-state index is 0.0332. The Morgan fingerprint density at radius 1 is 0.976 bits per heavy atom. The smallest absolute Gasteiger partial charge is 0.255 e. The second-order valence-electron chi connectivity index (χ2n) is 9.88. The van der Waals surface area contributed by atoms with Crippen LogP contribution in [0.2, 0.25) is 0 Å². The van der Waals surface area contributed by atoms with Gasteiger partial charge in [0.25, 0.3) is 5.91 Å². The van der Waals surface area contributed by atoms with Crippen LogP contribution in [0.25, 0.3) is 11.3 Å². The van der Waals surface area contributed by atoms with E-state index in [1.807, 2.05) is 81.4 Å². The molecular weight excluding hydrogens is 514 g/mol. The minimum Gasteiger partial charge on any atom is -0.334 e. The predicted molar refractivity (Wildman–Crippen MR) is 163 cm³/mol. The van der Waals surface area contributed by atoms with E-state index in [1.165, 1.54) is 0 Å². The van der Waals surface area contributed by atoms with Crippen LogP contribution in [-0.2, 0) is 11.3 Å². The van der Waals surface area contributed by atoms with E-state index in [2.05, 4.69) is 25.6 Å². The molecule has 0 aliphatic heterocycles. The van der Waals surface area contributed by atoms with Gasteiger partial charge in [0.1, 0.15) is 0 Å². The molecule has 2 N–H and O–H groups in total. The molecule has 4 rings (SSSR count). The average molecular weight is 550 g/mol. The van der Waals surface area contributed by atoms with Crippen LogP contribution in [0.15, 0.2) is 91.4 Å². The highest BCUT2D eigenvalue weighted by molar-refractivity contribution is 6.04. The first-order chi connectivity index (χ1) is 19.8. The summed E-state index contributed by atoms with van der Waals surface area (Å²) in [6.07, 6.45) is 8.49. The van der Waals surface area contributed by atoms with Crippen molar-refractivity contribution >= 4 is 29.1 Å². The summed E-state index contributed by atoms with van der Waals surface area (Å²) in [4.78, 5) is 42.5. The standard InChI is InChI=1S/C32H35N7O2/c1-5-7-30(40)39(19-18-38(3)4)22-24-10-12-25(13-11-24)31(41)35-27-14-9-23(2)29(20-27)37-32-34-17-15-28(36-32)26-8-6-16-33-21-26/h5-17,20-21H,18-19,22H2,1-4H3,(H,35,41)(H,34,36,37)/b7-5+. The number of carbonyl (C=O) groups is 2. The number of hydrogen-bond acceptors (Lipinski definition) is 7. The maximum absolute atomic E-state index is 13.0. The van der Waals surface area contributed by atoms with Crippen LogP contribution < -0.4 is 10.6 Å². The number of aryl methyl sites for hydroxylation is 1. The zero-order valence-electron chi connectivity index (χ0n) is 23.8. The van der Waals surface area contributed by atoms with E-state index < -0.39 is 0 Å². The first kappa shape index (κ1) is 29.1. The number of rotatable bonds is 11. The van der Waals surface area contributed by atoms with Gasteiger partial charge in [-0.1, -0.05) is 24.3 Å². The summed E-state index contributed by atoms with van der Waals surface area (Å²) in [6.45, 7) is 5.65. The molecule has 0 fully saturated rings. The van der Waals surface area contributed by atoms with Crippen molar-refractivity contribution in [2.24, 2.45) is 0 Å². The molecule has 41 heavy (non-hydrogen) atoms. The summed E-state index contributed by atoms with van der Waals surface area (Å²) >= 11 is 0. The number of pyridine rings is 1. The van der Waals surface area contributed by atoms with E-state index in [0.29, 0.717) is 30.3 Å². The number of likely N-dealkylation sites (N-methyl/N-ethyl adjacent to an activating group) is 1. The molecule has 4 aromatic rings. The van der Waals surface area contributed by atoms with Gasteiger partial charge in [-0.25, -0.2) is 9.97 Å². The van der Waals surface area contributed by atoms with Gasteiger partial charge in [0.05, 0.1) is 5.69 Å². The Labute approximate surface area is 241 Å². The lowest BCUT2D eigenvalue weighted by molar-refractivity contribution is -0.126. The summed E-state index contributed by atoms with van der Waals surface area (Å²) < 4.78 is 0. The lowest BCUT2D eigenvalue weighted by atomic mass is 10.1. The fraction of sp³-hybridized carbons (Fsp3) is 0.219. The van der Waals surface area contributed by atoms with Gasteiger partial charge in [0.2, 0.25) is 11.9 Å². The molecule has 2 aromatic heterocycles. The lowest BCUT2D eigenvalue weighted by Gasteiger charge is -2.23. The molecule has 9 heteroatoms. The summed E-state index contributed by atoms with van der Waals surface area (Å²) in [5, 5.41) is 6.23. The molecule has 9 nitrogen and oxygen atoms in total. The number of nitrogens with zero attached hydrogens (tertiary/aromatic N) is 5. The molecule has 0 bridgehead atoms. The van der Waals surface area contributed by atoms with E-state index in [4.69, 9.17) is 0 Å². The maximum Gasteiger partial charge on any atom is 0.255 e. The van der Waals surface area contributed by atoms with Crippen molar-refractivity contribution in [3.05, 3.63) is 108 Å². The van der Waals surface area contributed by atoms with Crippen LogP contribution in [0, 0.1) is 6.92 Å². The Kier molecular flexibility index (Phi) is 9.90. The van der Waals surface area contributed by atoms with E-state index >= 15 is 0 Å². The van der Waals surface area contributed by atoms with Crippen molar-refractivity contribution in [2.75, 3.05) is 37.8 Å². The van der Waals surface area contributed by atoms with E-state index in [0.717, 1.165) is 34.6 Å². The largest absolute Gasteiger partial charge is 0.334 e. The van der Waals surface area contributed by atoms with Gasteiger partial charge in [0.15, 0.2) is 0 Å². The third-order valence-corrected chi connectivity index (χ3v) is 6.38. The Balaban J connectivity index is 1.42. The number of amides is 2. The molecule has 0 unspecified atom stereocenters. The molecular formula is C32H35N7O2. The highest BCUT2D eigenvalue weighted by Gasteiger charge is 2.13. The van der Waals surface area contributed by atoms with Crippen molar-refractivity contribution in [3.8, 4) is 11.3 Å². The topological polar surface area (TPSA) is 103 Å². The first-order valence-corrected chi connectivity index (χ1v) is 13.4. The molecule has 0 radical (unpaired) electrons. The molecule has 210 valence electrons. The average Bonchev–Trinajstić information content (AvgIpc) is 2.98. The number of aromatic nitrogens is 3. The van der Waals surface area contributed by atoms with Gasteiger partial charge in [-0.3, -0.25) is 14.6 Å². The summed E-state index contributed by atoms with van der Waals surface area (Å²) in [5.74, 6) is 0.186. The second kappa shape index (κ2) is 14.0. The number of nitrogens with one attached hydrogen (secondary N) is 2. The van der Waals surface area contributed by atoms with E-state index in [9.17, 15) is 9.59 Å². The molecule has 2 amide bonds. The highest BCUT2D eigenvalue weighted by Crippen LogP contribution is 2.24. The monoisotopic (exact) mass is 549 g/mol. The van der Waals surface area contributed by atoms with Crippen LogP contribution in [0.4, 0.5) is 17.3 Å². The fourth-order valence-electron chi connectivity index (χ4n) is 4.07. The normalized spacial score (nSPS) is 11.0. The molecule has 0 saturated heterocycles. The molecule has 0 aliphatic carbocycles. The second-order valence-corrected chi connectivity index (χ2v) is 9.88. The zero-order chi connectivity index (χ0) is 29.2. The number of anilines is 3. The summed E-state index contributed by atoms with van der Waals surface area (Å²) in [7, 11) is 3.96. The third kappa shape index (κ3) is 8.30. The van der Waals surface area contributed by atoms with Crippen LogP contribution >= 0.6 is 0 Å².